The Morgan fingerprint density at radius 1 is 1.25 bits per heavy atom. The van der Waals surface area contributed by atoms with Crippen molar-refractivity contribution < 1.29 is 0 Å². The largest absolute Gasteiger partial charge is 0.369 e. The van der Waals surface area contributed by atoms with E-state index in [1.54, 1.807) is 0 Å². The quantitative estimate of drug-likeness (QED) is 0.516. The maximum Gasteiger partial charge on any atom is 0.0431 e. The van der Waals surface area contributed by atoms with E-state index < -0.39 is 0 Å². The molecule has 4 N–H and O–H groups in total. The van der Waals surface area contributed by atoms with Crippen LogP contribution in [0.2, 0.25) is 0 Å². The monoisotopic (exact) mass is 220 g/mol. The Morgan fingerprint density at radius 2 is 1.88 bits per heavy atom. The Balaban J connectivity index is 2.06. The topological polar surface area (TPSA) is 53.3 Å². The highest BCUT2D eigenvalue weighted by atomic mass is 15.2. The fourth-order valence-corrected chi connectivity index (χ4v) is 1.99. The lowest BCUT2D eigenvalue weighted by Crippen LogP contribution is -2.43. The molecule has 1 heterocycles. The van der Waals surface area contributed by atoms with Crippen molar-refractivity contribution in [1.82, 2.24) is 10.7 Å². The summed E-state index contributed by atoms with van der Waals surface area (Å²) in [6.07, 6.45) is 0. The minimum Gasteiger partial charge on any atom is -0.369 e. The molecule has 1 aromatic rings. The van der Waals surface area contributed by atoms with Crippen LogP contribution in [0.4, 0.5) is 5.69 Å². The molecule has 4 heteroatoms. The van der Waals surface area contributed by atoms with Gasteiger partial charge in [-0.25, -0.2) is 0 Å². The van der Waals surface area contributed by atoms with Gasteiger partial charge in [0.05, 0.1) is 0 Å². The zero-order chi connectivity index (χ0) is 11.4. The molecule has 0 spiro atoms. The Labute approximate surface area is 96.8 Å². The summed E-state index contributed by atoms with van der Waals surface area (Å²) in [5.74, 6) is 5.42. The SMILES string of the molecule is CC(NN)c1ccc(N2CCNCC2)cc1. The molecule has 1 aliphatic rings. The number of benzene rings is 1. The number of hydrazine groups is 1. The maximum absolute atomic E-state index is 5.42. The van der Waals surface area contributed by atoms with Crippen molar-refractivity contribution in [3.05, 3.63) is 29.8 Å². The first-order valence-corrected chi connectivity index (χ1v) is 5.83. The molecule has 0 saturated carbocycles. The minimum atomic E-state index is 0.206. The van der Waals surface area contributed by atoms with Crippen molar-refractivity contribution in [2.75, 3.05) is 31.1 Å². The zero-order valence-electron chi connectivity index (χ0n) is 9.74. The third kappa shape index (κ3) is 2.52. The number of rotatable bonds is 3. The highest BCUT2D eigenvalue weighted by Crippen LogP contribution is 2.18. The van der Waals surface area contributed by atoms with Crippen molar-refractivity contribution >= 4 is 5.69 Å². The van der Waals surface area contributed by atoms with Crippen LogP contribution in [-0.4, -0.2) is 26.2 Å². The summed E-state index contributed by atoms with van der Waals surface area (Å²) in [7, 11) is 0. The van der Waals surface area contributed by atoms with Gasteiger partial charge in [0.15, 0.2) is 0 Å². The fourth-order valence-electron chi connectivity index (χ4n) is 1.99. The van der Waals surface area contributed by atoms with Gasteiger partial charge in [-0.2, -0.15) is 0 Å². The molecule has 88 valence electrons. The number of nitrogens with one attached hydrogen (secondary N) is 2. The third-order valence-corrected chi connectivity index (χ3v) is 3.13. The number of nitrogens with zero attached hydrogens (tertiary/aromatic N) is 1. The van der Waals surface area contributed by atoms with Crippen LogP contribution in [0.1, 0.15) is 18.5 Å². The van der Waals surface area contributed by atoms with Crippen molar-refractivity contribution in [1.29, 1.82) is 0 Å². The van der Waals surface area contributed by atoms with E-state index in [-0.39, 0.29) is 6.04 Å². The first kappa shape index (κ1) is 11.4. The molecule has 4 nitrogen and oxygen atoms in total. The Kier molecular flexibility index (Phi) is 3.77. The number of hydrogen-bond acceptors (Lipinski definition) is 4. The van der Waals surface area contributed by atoms with E-state index in [2.05, 4.69) is 46.8 Å². The normalized spacial score (nSPS) is 18.5. The lowest BCUT2D eigenvalue weighted by Gasteiger charge is -2.29. The highest BCUT2D eigenvalue weighted by molar-refractivity contribution is 5.48. The van der Waals surface area contributed by atoms with Gasteiger partial charge in [-0.15, -0.1) is 0 Å². The van der Waals surface area contributed by atoms with Crippen LogP contribution in [0, 0.1) is 0 Å². The molecule has 1 unspecified atom stereocenters. The van der Waals surface area contributed by atoms with Gasteiger partial charge in [0, 0.05) is 37.9 Å². The lowest BCUT2D eigenvalue weighted by atomic mass is 10.1. The second kappa shape index (κ2) is 5.30. The molecule has 2 rings (SSSR count). The minimum absolute atomic E-state index is 0.206. The molecule has 0 radical (unpaired) electrons. The van der Waals surface area contributed by atoms with Gasteiger partial charge in [0.25, 0.3) is 0 Å². The van der Waals surface area contributed by atoms with Crippen LogP contribution in [0.5, 0.6) is 0 Å². The van der Waals surface area contributed by atoms with Gasteiger partial charge in [-0.05, 0) is 24.6 Å². The maximum atomic E-state index is 5.42. The number of anilines is 1. The van der Waals surface area contributed by atoms with E-state index in [0.29, 0.717) is 0 Å². The van der Waals surface area contributed by atoms with Gasteiger partial charge in [-0.3, -0.25) is 11.3 Å². The molecule has 0 bridgehead atoms. The molecule has 1 atom stereocenters. The summed E-state index contributed by atoms with van der Waals surface area (Å²) in [5, 5.41) is 3.36. The first-order chi connectivity index (χ1) is 7.81. The molecule has 1 aromatic carbocycles. The summed E-state index contributed by atoms with van der Waals surface area (Å²) >= 11 is 0. The van der Waals surface area contributed by atoms with Crippen molar-refractivity contribution in [3.63, 3.8) is 0 Å². The molecule has 0 aromatic heterocycles. The Bertz CT molecular complexity index is 316. The molecule has 16 heavy (non-hydrogen) atoms. The average Bonchev–Trinajstić information content (AvgIpc) is 2.39. The summed E-state index contributed by atoms with van der Waals surface area (Å²) in [6, 6.07) is 8.84. The summed E-state index contributed by atoms with van der Waals surface area (Å²) < 4.78 is 0. The molecular weight excluding hydrogens is 200 g/mol. The molecule has 1 aliphatic heterocycles. The van der Waals surface area contributed by atoms with Crippen LogP contribution in [0.15, 0.2) is 24.3 Å². The summed E-state index contributed by atoms with van der Waals surface area (Å²) in [4.78, 5) is 2.40. The van der Waals surface area contributed by atoms with Crippen molar-refractivity contribution in [2.24, 2.45) is 5.84 Å². The van der Waals surface area contributed by atoms with Crippen LogP contribution in [0.3, 0.4) is 0 Å². The molecule has 0 amide bonds. The number of piperazine rings is 1. The van der Waals surface area contributed by atoms with Crippen molar-refractivity contribution in [2.45, 2.75) is 13.0 Å². The van der Waals surface area contributed by atoms with Crippen LogP contribution in [-0.2, 0) is 0 Å². The molecule has 1 saturated heterocycles. The molecular formula is C12H20N4. The first-order valence-electron chi connectivity index (χ1n) is 5.83. The standard InChI is InChI=1S/C12H20N4/c1-10(15-13)11-2-4-12(5-3-11)16-8-6-14-7-9-16/h2-5,10,14-15H,6-9,13H2,1H3. The van der Waals surface area contributed by atoms with E-state index in [1.165, 1.54) is 11.3 Å². The van der Waals surface area contributed by atoms with E-state index in [0.717, 1.165) is 26.2 Å². The predicted octanol–water partition coefficient (Wildman–Crippen LogP) is 0.621. The van der Waals surface area contributed by atoms with Gasteiger partial charge in [0.2, 0.25) is 0 Å². The van der Waals surface area contributed by atoms with Gasteiger partial charge in [-0.1, -0.05) is 12.1 Å². The van der Waals surface area contributed by atoms with Crippen molar-refractivity contribution in [3.8, 4) is 0 Å². The zero-order valence-corrected chi connectivity index (χ0v) is 9.74. The second-order valence-electron chi connectivity index (χ2n) is 4.22. The predicted molar refractivity (Wildman–Crippen MR) is 67.3 cm³/mol. The van der Waals surface area contributed by atoms with E-state index in [9.17, 15) is 0 Å². The molecule has 0 aliphatic carbocycles. The van der Waals surface area contributed by atoms with Crippen LogP contribution in [0.25, 0.3) is 0 Å². The van der Waals surface area contributed by atoms with Gasteiger partial charge in [0.1, 0.15) is 0 Å². The lowest BCUT2D eigenvalue weighted by molar-refractivity contribution is 0.587. The Morgan fingerprint density at radius 3 is 2.44 bits per heavy atom. The number of hydrogen-bond donors (Lipinski definition) is 3. The van der Waals surface area contributed by atoms with E-state index >= 15 is 0 Å². The van der Waals surface area contributed by atoms with Crippen LogP contribution < -0.4 is 21.5 Å². The Hall–Kier alpha value is -1.10. The second-order valence-corrected chi connectivity index (χ2v) is 4.22. The van der Waals surface area contributed by atoms with E-state index in [1.807, 2.05) is 0 Å². The fraction of sp³-hybridized carbons (Fsp3) is 0.500. The number of nitrogens with two attached hydrogens (primary N) is 1. The highest BCUT2D eigenvalue weighted by Gasteiger charge is 2.10. The van der Waals surface area contributed by atoms with E-state index in [4.69, 9.17) is 5.84 Å². The van der Waals surface area contributed by atoms with Gasteiger partial charge < -0.3 is 10.2 Å². The molecule has 1 fully saturated rings. The van der Waals surface area contributed by atoms with Gasteiger partial charge >= 0.3 is 0 Å². The summed E-state index contributed by atoms with van der Waals surface area (Å²) in [5.41, 5.74) is 5.28. The van der Waals surface area contributed by atoms with Crippen LogP contribution >= 0.6 is 0 Å². The smallest absolute Gasteiger partial charge is 0.0431 e. The third-order valence-electron chi connectivity index (χ3n) is 3.13. The average molecular weight is 220 g/mol. The summed E-state index contributed by atoms with van der Waals surface area (Å²) in [6.45, 7) is 6.37.